The molecule has 3 heteroatoms. The Morgan fingerprint density at radius 3 is 2.85 bits per heavy atom. The van der Waals surface area contributed by atoms with Crippen molar-refractivity contribution < 1.29 is 4.79 Å². The van der Waals surface area contributed by atoms with Crippen LogP contribution < -0.4 is 5.32 Å². The highest BCUT2D eigenvalue weighted by molar-refractivity contribution is 5.77. The lowest BCUT2D eigenvalue weighted by Crippen LogP contribution is -2.36. The number of rotatable bonds is 6. The second-order valence-electron chi connectivity index (χ2n) is 2.98. The molecule has 0 aromatic carbocycles. The van der Waals surface area contributed by atoms with Gasteiger partial charge in [-0.05, 0) is 6.42 Å². The summed E-state index contributed by atoms with van der Waals surface area (Å²) in [7, 11) is 1.82. The maximum absolute atomic E-state index is 11.3. The Labute approximate surface area is 80.5 Å². The number of hydrogen-bond donors (Lipinski definition) is 1. The van der Waals surface area contributed by atoms with Gasteiger partial charge in [-0.25, -0.2) is 0 Å². The number of terminal acetylenes is 1. The normalized spacial score (nSPS) is 9.31. The first-order chi connectivity index (χ1) is 6.22. The number of nitrogens with zero attached hydrogens (tertiary/aromatic N) is 1. The maximum Gasteiger partial charge on any atom is 0.236 e. The van der Waals surface area contributed by atoms with Crippen LogP contribution in [0.3, 0.4) is 0 Å². The summed E-state index contributed by atoms with van der Waals surface area (Å²) in [6.07, 6.45) is 7.19. The van der Waals surface area contributed by atoms with Crippen molar-refractivity contribution in [1.29, 1.82) is 0 Å². The van der Waals surface area contributed by atoms with E-state index in [0.29, 0.717) is 13.1 Å². The molecule has 0 aliphatic carbocycles. The van der Waals surface area contributed by atoms with Crippen molar-refractivity contribution in [2.75, 3.05) is 26.7 Å². The number of likely N-dealkylation sites (N-methyl/N-ethyl adjacent to an activating group) is 1. The second-order valence-corrected chi connectivity index (χ2v) is 2.98. The summed E-state index contributed by atoms with van der Waals surface area (Å²) >= 11 is 0. The SMILES string of the molecule is C#CCNCC(=O)N(C)CCCC. The molecule has 0 saturated carbocycles. The van der Waals surface area contributed by atoms with Gasteiger partial charge in [0.1, 0.15) is 0 Å². The van der Waals surface area contributed by atoms with Gasteiger partial charge in [0.2, 0.25) is 5.91 Å². The third kappa shape index (κ3) is 6.18. The van der Waals surface area contributed by atoms with Crippen LogP contribution in [0.4, 0.5) is 0 Å². The number of carbonyl (C=O) groups is 1. The molecule has 3 nitrogen and oxygen atoms in total. The molecule has 1 N–H and O–H groups in total. The monoisotopic (exact) mass is 182 g/mol. The van der Waals surface area contributed by atoms with Crippen LogP contribution in [-0.4, -0.2) is 37.5 Å². The second kappa shape index (κ2) is 7.63. The molecule has 0 heterocycles. The predicted molar refractivity (Wildman–Crippen MR) is 54.2 cm³/mol. The van der Waals surface area contributed by atoms with Gasteiger partial charge in [0.25, 0.3) is 0 Å². The van der Waals surface area contributed by atoms with E-state index in [1.807, 2.05) is 7.05 Å². The Morgan fingerprint density at radius 1 is 1.62 bits per heavy atom. The largest absolute Gasteiger partial charge is 0.345 e. The molecule has 0 unspecified atom stereocenters. The van der Waals surface area contributed by atoms with E-state index in [1.54, 1.807) is 4.90 Å². The van der Waals surface area contributed by atoms with E-state index in [2.05, 4.69) is 18.2 Å². The van der Waals surface area contributed by atoms with Crippen molar-refractivity contribution in [3.63, 3.8) is 0 Å². The summed E-state index contributed by atoms with van der Waals surface area (Å²) in [6, 6.07) is 0. The molecule has 0 fully saturated rings. The van der Waals surface area contributed by atoms with E-state index in [4.69, 9.17) is 6.42 Å². The van der Waals surface area contributed by atoms with Crippen LogP contribution in [0.5, 0.6) is 0 Å². The molecule has 0 atom stereocenters. The Hall–Kier alpha value is -1.01. The van der Waals surface area contributed by atoms with E-state index in [1.165, 1.54) is 0 Å². The van der Waals surface area contributed by atoms with E-state index in [0.717, 1.165) is 19.4 Å². The van der Waals surface area contributed by atoms with Gasteiger partial charge < -0.3 is 4.90 Å². The molecular weight excluding hydrogens is 164 g/mol. The summed E-state index contributed by atoms with van der Waals surface area (Å²) < 4.78 is 0. The quantitative estimate of drug-likeness (QED) is 0.478. The van der Waals surface area contributed by atoms with Gasteiger partial charge in [-0.1, -0.05) is 19.3 Å². The number of nitrogens with one attached hydrogen (secondary N) is 1. The van der Waals surface area contributed by atoms with Gasteiger partial charge >= 0.3 is 0 Å². The van der Waals surface area contributed by atoms with Crippen molar-refractivity contribution in [2.45, 2.75) is 19.8 Å². The highest BCUT2D eigenvalue weighted by Gasteiger charge is 2.05. The van der Waals surface area contributed by atoms with Gasteiger partial charge in [0.05, 0.1) is 13.1 Å². The van der Waals surface area contributed by atoms with Crippen molar-refractivity contribution in [1.82, 2.24) is 10.2 Å². The van der Waals surface area contributed by atoms with Gasteiger partial charge in [0.15, 0.2) is 0 Å². The van der Waals surface area contributed by atoms with Crippen LogP contribution in [-0.2, 0) is 4.79 Å². The Morgan fingerprint density at radius 2 is 2.31 bits per heavy atom. The highest BCUT2D eigenvalue weighted by Crippen LogP contribution is 1.91. The zero-order valence-electron chi connectivity index (χ0n) is 8.47. The highest BCUT2D eigenvalue weighted by atomic mass is 16.2. The minimum Gasteiger partial charge on any atom is -0.345 e. The van der Waals surface area contributed by atoms with Crippen LogP contribution >= 0.6 is 0 Å². The predicted octanol–water partition coefficient (Wildman–Crippen LogP) is 0.468. The van der Waals surface area contributed by atoms with Crippen molar-refractivity contribution in [2.24, 2.45) is 0 Å². The van der Waals surface area contributed by atoms with Gasteiger partial charge in [0, 0.05) is 13.6 Å². The van der Waals surface area contributed by atoms with Gasteiger partial charge in [-0.2, -0.15) is 0 Å². The van der Waals surface area contributed by atoms with E-state index >= 15 is 0 Å². The van der Waals surface area contributed by atoms with Crippen LogP contribution in [0, 0.1) is 12.3 Å². The van der Waals surface area contributed by atoms with E-state index in [9.17, 15) is 4.79 Å². The van der Waals surface area contributed by atoms with E-state index < -0.39 is 0 Å². The van der Waals surface area contributed by atoms with Crippen LogP contribution in [0.2, 0.25) is 0 Å². The molecule has 0 rings (SSSR count). The number of hydrogen-bond acceptors (Lipinski definition) is 2. The average molecular weight is 182 g/mol. The first-order valence-electron chi connectivity index (χ1n) is 4.60. The lowest BCUT2D eigenvalue weighted by molar-refractivity contribution is -0.128. The zero-order valence-corrected chi connectivity index (χ0v) is 8.47. The Bertz CT molecular complexity index is 184. The molecular formula is C10H18N2O. The summed E-state index contributed by atoms with van der Waals surface area (Å²) in [5.74, 6) is 2.52. The summed E-state index contributed by atoms with van der Waals surface area (Å²) in [6.45, 7) is 3.72. The zero-order chi connectivity index (χ0) is 10.1. The van der Waals surface area contributed by atoms with Crippen molar-refractivity contribution >= 4 is 5.91 Å². The van der Waals surface area contributed by atoms with Crippen LogP contribution in [0.15, 0.2) is 0 Å². The Balaban J connectivity index is 3.52. The first kappa shape index (κ1) is 12.0. The summed E-state index contributed by atoms with van der Waals surface area (Å²) in [5, 5.41) is 2.86. The Kier molecular flexibility index (Phi) is 7.04. The lowest BCUT2D eigenvalue weighted by atomic mass is 10.3. The first-order valence-corrected chi connectivity index (χ1v) is 4.60. The topological polar surface area (TPSA) is 32.3 Å². The number of amides is 1. The van der Waals surface area contributed by atoms with Crippen molar-refractivity contribution in [3.05, 3.63) is 0 Å². The number of unbranched alkanes of at least 4 members (excludes halogenated alkanes) is 1. The number of carbonyl (C=O) groups excluding carboxylic acids is 1. The summed E-state index contributed by atoms with van der Waals surface area (Å²) in [4.78, 5) is 13.0. The molecule has 0 spiro atoms. The lowest BCUT2D eigenvalue weighted by Gasteiger charge is -2.16. The van der Waals surface area contributed by atoms with Gasteiger partial charge in [-0.3, -0.25) is 10.1 Å². The van der Waals surface area contributed by atoms with E-state index in [-0.39, 0.29) is 5.91 Å². The minimum atomic E-state index is 0.101. The standard InChI is InChI=1S/C10H18N2O/c1-4-6-8-12(3)10(13)9-11-7-5-2/h2,11H,4,6-9H2,1,3H3. The minimum absolute atomic E-state index is 0.101. The molecule has 13 heavy (non-hydrogen) atoms. The molecule has 0 aromatic rings. The molecule has 0 aliphatic rings. The smallest absolute Gasteiger partial charge is 0.236 e. The fraction of sp³-hybridized carbons (Fsp3) is 0.700. The molecule has 0 saturated heterocycles. The maximum atomic E-state index is 11.3. The van der Waals surface area contributed by atoms with Crippen LogP contribution in [0.1, 0.15) is 19.8 Å². The third-order valence-corrected chi connectivity index (χ3v) is 1.78. The summed E-state index contributed by atoms with van der Waals surface area (Å²) in [5.41, 5.74) is 0. The molecule has 0 radical (unpaired) electrons. The third-order valence-electron chi connectivity index (χ3n) is 1.78. The molecule has 0 bridgehead atoms. The molecule has 0 aliphatic heterocycles. The molecule has 0 aromatic heterocycles. The average Bonchev–Trinajstić information content (AvgIpc) is 2.14. The van der Waals surface area contributed by atoms with Crippen molar-refractivity contribution in [3.8, 4) is 12.3 Å². The fourth-order valence-corrected chi connectivity index (χ4v) is 0.897. The molecule has 1 amide bonds. The van der Waals surface area contributed by atoms with Crippen LogP contribution in [0.25, 0.3) is 0 Å². The fourth-order valence-electron chi connectivity index (χ4n) is 0.897. The molecule has 74 valence electrons. The van der Waals surface area contributed by atoms with Gasteiger partial charge in [-0.15, -0.1) is 6.42 Å².